The van der Waals surface area contributed by atoms with E-state index in [1.807, 2.05) is 36.4 Å². The van der Waals surface area contributed by atoms with Crippen molar-refractivity contribution in [2.75, 3.05) is 5.32 Å². The quantitative estimate of drug-likeness (QED) is 0.708. The lowest BCUT2D eigenvalue weighted by Gasteiger charge is -2.01. The van der Waals surface area contributed by atoms with Crippen LogP contribution in [0.15, 0.2) is 77.2 Å². The van der Waals surface area contributed by atoms with Crippen molar-refractivity contribution >= 4 is 17.7 Å². The van der Waals surface area contributed by atoms with Crippen molar-refractivity contribution in [2.24, 2.45) is 0 Å². The molecule has 0 saturated heterocycles. The topological polar surface area (TPSA) is 42.2 Å². The van der Waals surface area contributed by atoms with Gasteiger partial charge in [0.1, 0.15) is 17.3 Å². The highest BCUT2D eigenvalue weighted by Crippen LogP contribution is 2.22. The van der Waals surface area contributed by atoms with Gasteiger partial charge in [0.2, 0.25) is 5.91 Å². The third kappa shape index (κ3) is 3.95. The van der Waals surface area contributed by atoms with Crippen molar-refractivity contribution in [1.82, 2.24) is 0 Å². The number of amides is 1. The van der Waals surface area contributed by atoms with Crippen LogP contribution in [0.4, 0.5) is 10.1 Å². The van der Waals surface area contributed by atoms with Gasteiger partial charge in [0, 0.05) is 17.3 Å². The van der Waals surface area contributed by atoms with Crippen LogP contribution in [0.25, 0.3) is 17.4 Å². The van der Waals surface area contributed by atoms with Gasteiger partial charge in [-0.2, -0.15) is 0 Å². The van der Waals surface area contributed by atoms with E-state index in [4.69, 9.17) is 4.42 Å². The van der Waals surface area contributed by atoms with Crippen LogP contribution < -0.4 is 5.32 Å². The van der Waals surface area contributed by atoms with Crippen LogP contribution in [-0.4, -0.2) is 5.91 Å². The number of carbonyl (C=O) groups excluding carboxylic acids is 1. The Morgan fingerprint density at radius 2 is 1.83 bits per heavy atom. The minimum Gasteiger partial charge on any atom is -0.457 e. The second-order valence-corrected chi connectivity index (χ2v) is 4.90. The summed E-state index contributed by atoms with van der Waals surface area (Å²) in [7, 11) is 0. The Morgan fingerprint density at radius 1 is 1.00 bits per heavy atom. The van der Waals surface area contributed by atoms with Gasteiger partial charge in [0.05, 0.1) is 0 Å². The molecule has 3 nitrogen and oxygen atoms in total. The van der Waals surface area contributed by atoms with E-state index in [1.165, 1.54) is 24.3 Å². The molecule has 3 aromatic rings. The van der Waals surface area contributed by atoms with E-state index in [0.29, 0.717) is 11.4 Å². The van der Waals surface area contributed by atoms with E-state index >= 15 is 0 Å². The summed E-state index contributed by atoms with van der Waals surface area (Å²) >= 11 is 0. The fraction of sp³-hybridized carbons (Fsp3) is 0. The van der Waals surface area contributed by atoms with Crippen molar-refractivity contribution in [3.8, 4) is 11.3 Å². The summed E-state index contributed by atoms with van der Waals surface area (Å²) in [6, 6.07) is 19.1. The molecule has 4 heteroatoms. The first-order valence-corrected chi connectivity index (χ1v) is 7.10. The summed E-state index contributed by atoms with van der Waals surface area (Å²) in [4.78, 5) is 11.8. The lowest BCUT2D eigenvalue weighted by molar-refractivity contribution is -0.111. The van der Waals surface area contributed by atoms with Gasteiger partial charge in [-0.25, -0.2) is 4.39 Å². The highest BCUT2D eigenvalue weighted by molar-refractivity contribution is 6.01. The number of furan rings is 1. The third-order valence-electron chi connectivity index (χ3n) is 3.18. The zero-order valence-corrected chi connectivity index (χ0v) is 12.2. The van der Waals surface area contributed by atoms with E-state index in [2.05, 4.69) is 5.32 Å². The van der Waals surface area contributed by atoms with Gasteiger partial charge in [0.15, 0.2) is 0 Å². The number of nitrogens with one attached hydrogen (secondary N) is 1. The lowest BCUT2D eigenvalue weighted by atomic mass is 10.2. The molecule has 0 unspecified atom stereocenters. The highest BCUT2D eigenvalue weighted by Gasteiger charge is 2.03. The molecule has 0 saturated carbocycles. The fourth-order valence-corrected chi connectivity index (χ4v) is 2.11. The average Bonchev–Trinajstić information content (AvgIpc) is 3.03. The molecule has 3 rings (SSSR count). The summed E-state index contributed by atoms with van der Waals surface area (Å²) < 4.78 is 18.7. The monoisotopic (exact) mass is 307 g/mol. The third-order valence-corrected chi connectivity index (χ3v) is 3.18. The Bertz CT molecular complexity index is 837. The Kier molecular flexibility index (Phi) is 4.34. The van der Waals surface area contributed by atoms with Gasteiger partial charge in [-0.3, -0.25) is 4.79 Å². The first-order valence-electron chi connectivity index (χ1n) is 7.10. The Hall–Kier alpha value is -3.14. The van der Waals surface area contributed by atoms with Gasteiger partial charge in [-0.15, -0.1) is 0 Å². The van der Waals surface area contributed by atoms with Crippen molar-refractivity contribution < 1.29 is 13.6 Å². The zero-order chi connectivity index (χ0) is 16.1. The lowest BCUT2D eigenvalue weighted by Crippen LogP contribution is -2.07. The molecule has 1 N–H and O–H groups in total. The second kappa shape index (κ2) is 6.75. The predicted octanol–water partition coefficient (Wildman–Crippen LogP) is 4.74. The SMILES string of the molecule is O=C(/C=C/c1ccc(-c2ccccc2)o1)Nc1cccc(F)c1. The average molecular weight is 307 g/mol. The molecule has 0 aliphatic carbocycles. The predicted molar refractivity (Wildman–Crippen MR) is 88.2 cm³/mol. The second-order valence-electron chi connectivity index (χ2n) is 4.90. The largest absolute Gasteiger partial charge is 0.457 e. The van der Waals surface area contributed by atoms with Gasteiger partial charge in [-0.05, 0) is 36.4 Å². The number of halogens is 1. The normalized spacial score (nSPS) is 10.8. The maximum atomic E-state index is 13.0. The molecule has 0 atom stereocenters. The van der Waals surface area contributed by atoms with Crippen LogP contribution in [0.1, 0.15) is 5.76 Å². The molecule has 0 aliphatic rings. The zero-order valence-electron chi connectivity index (χ0n) is 12.2. The smallest absolute Gasteiger partial charge is 0.248 e. The van der Waals surface area contributed by atoms with E-state index < -0.39 is 5.82 Å². The molecule has 0 bridgehead atoms. The Labute approximate surface area is 133 Å². The summed E-state index contributed by atoms with van der Waals surface area (Å²) in [5, 5.41) is 2.58. The molecule has 0 aliphatic heterocycles. The molecule has 1 aromatic heterocycles. The number of hydrogen-bond donors (Lipinski definition) is 1. The van der Waals surface area contributed by atoms with Crippen molar-refractivity contribution in [3.63, 3.8) is 0 Å². The number of carbonyl (C=O) groups is 1. The minimum atomic E-state index is -0.398. The molecule has 23 heavy (non-hydrogen) atoms. The maximum Gasteiger partial charge on any atom is 0.248 e. The van der Waals surface area contributed by atoms with Crippen molar-refractivity contribution in [1.29, 1.82) is 0 Å². The molecule has 0 radical (unpaired) electrons. The van der Waals surface area contributed by atoms with Gasteiger partial charge >= 0.3 is 0 Å². The molecule has 1 heterocycles. The standard InChI is InChI=1S/C19H14FNO2/c20-15-7-4-8-16(13-15)21-19(22)12-10-17-9-11-18(23-17)14-5-2-1-3-6-14/h1-13H,(H,21,22)/b12-10+. The summed E-state index contributed by atoms with van der Waals surface area (Å²) in [6.07, 6.45) is 2.92. The molecular weight excluding hydrogens is 293 g/mol. The number of rotatable bonds is 4. The fourth-order valence-electron chi connectivity index (χ4n) is 2.11. The van der Waals surface area contributed by atoms with Crippen LogP contribution in [0.5, 0.6) is 0 Å². The molecule has 2 aromatic carbocycles. The van der Waals surface area contributed by atoms with Crippen LogP contribution in [0, 0.1) is 5.82 Å². The van der Waals surface area contributed by atoms with E-state index in [-0.39, 0.29) is 5.91 Å². The molecule has 0 fully saturated rings. The van der Waals surface area contributed by atoms with E-state index in [1.54, 1.807) is 18.2 Å². The maximum absolute atomic E-state index is 13.0. The van der Waals surface area contributed by atoms with E-state index in [0.717, 1.165) is 11.3 Å². The number of hydrogen-bond acceptors (Lipinski definition) is 2. The van der Waals surface area contributed by atoms with Crippen LogP contribution in [0.2, 0.25) is 0 Å². The van der Waals surface area contributed by atoms with Crippen LogP contribution >= 0.6 is 0 Å². The summed E-state index contributed by atoms with van der Waals surface area (Å²) in [5.41, 5.74) is 1.38. The molecule has 114 valence electrons. The van der Waals surface area contributed by atoms with Gasteiger partial charge < -0.3 is 9.73 Å². The number of anilines is 1. The summed E-state index contributed by atoms with van der Waals surface area (Å²) in [6.45, 7) is 0. The van der Waals surface area contributed by atoms with Crippen molar-refractivity contribution in [2.45, 2.75) is 0 Å². The van der Waals surface area contributed by atoms with Crippen LogP contribution in [0.3, 0.4) is 0 Å². The Balaban J connectivity index is 1.66. The van der Waals surface area contributed by atoms with E-state index in [9.17, 15) is 9.18 Å². The minimum absolute atomic E-state index is 0.353. The first kappa shape index (κ1) is 14.8. The van der Waals surface area contributed by atoms with Crippen molar-refractivity contribution in [3.05, 3.63) is 84.4 Å². The molecular formula is C19H14FNO2. The molecule has 0 spiro atoms. The first-order chi connectivity index (χ1) is 11.2. The number of benzene rings is 2. The summed E-state index contributed by atoms with van der Waals surface area (Å²) in [5.74, 6) is 0.549. The van der Waals surface area contributed by atoms with Gasteiger partial charge in [0.25, 0.3) is 0 Å². The van der Waals surface area contributed by atoms with Crippen LogP contribution in [-0.2, 0) is 4.79 Å². The highest BCUT2D eigenvalue weighted by atomic mass is 19.1. The van der Waals surface area contributed by atoms with Gasteiger partial charge in [-0.1, -0.05) is 36.4 Å². The Morgan fingerprint density at radius 3 is 2.61 bits per heavy atom. The molecule has 1 amide bonds.